The number of nitrogens with zero attached hydrogens (tertiary/aromatic N) is 3. The molecule has 3 aromatic rings. The molecular formula is C22H22N4O. The van der Waals surface area contributed by atoms with Gasteiger partial charge in [-0.25, -0.2) is 9.97 Å². The summed E-state index contributed by atoms with van der Waals surface area (Å²) < 4.78 is 0. The second-order valence-electron chi connectivity index (χ2n) is 7.00. The summed E-state index contributed by atoms with van der Waals surface area (Å²) >= 11 is 0. The summed E-state index contributed by atoms with van der Waals surface area (Å²) in [7, 11) is 0. The van der Waals surface area contributed by atoms with Gasteiger partial charge in [0.15, 0.2) is 0 Å². The smallest absolute Gasteiger partial charge is 0.274 e. The van der Waals surface area contributed by atoms with Crippen molar-refractivity contribution in [2.75, 3.05) is 16.8 Å². The zero-order valence-electron chi connectivity index (χ0n) is 15.8. The van der Waals surface area contributed by atoms with Crippen molar-refractivity contribution < 1.29 is 4.79 Å². The number of amides is 1. The number of aryl methyl sites for hydroxylation is 3. The molecule has 27 heavy (non-hydrogen) atoms. The molecule has 0 saturated heterocycles. The van der Waals surface area contributed by atoms with E-state index in [-0.39, 0.29) is 5.91 Å². The number of anilines is 3. The normalized spacial score (nSPS) is 12.8. The van der Waals surface area contributed by atoms with E-state index in [0.29, 0.717) is 11.6 Å². The summed E-state index contributed by atoms with van der Waals surface area (Å²) in [6, 6.07) is 14.0. The quantitative estimate of drug-likeness (QED) is 0.756. The third-order valence-electron chi connectivity index (χ3n) is 4.92. The number of hydrogen-bond donors (Lipinski definition) is 1. The van der Waals surface area contributed by atoms with Gasteiger partial charge < -0.3 is 10.2 Å². The number of fused-ring (bicyclic) bond motifs is 1. The van der Waals surface area contributed by atoms with Crippen LogP contribution in [0.15, 0.2) is 48.7 Å². The van der Waals surface area contributed by atoms with Crippen molar-refractivity contribution in [3.8, 4) is 0 Å². The Morgan fingerprint density at radius 1 is 1.07 bits per heavy atom. The average Bonchev–Trinajstić information content (AvgIpc) is 3.09. The highest BCUT2D eigenvalue weighted by Crippen LogP contribution is 2.32. The number of aromatic nitrogens is 2. The first-order valence-corrected chi connectivity index (χ1v) is 9.10. The van der Waals surface area contributed by atoms with Gasteiger partial charge in [0, 0.05) is 24.1 Å². The Morgan fingerprint density at radius 3 is 2.59 bits per heavy atom. The maximum absolute atomic E-state index is 12.8. The van der Waals surface area contributed by atoms with Crippen LogP contribution in [0.5, 0.6) is 0 Å². The van der Waals surface area contributed by atoms with E-state index in [1.165, 1.54) is 11.1 Å². The lowest BCUT2D eigenvalue weighted by molar-refractivity contribution is 0.102. The molecule has 0 aliphatic carbocycles. The van der Waals surface area contributed by atoms with Gasteiger partial charge in [-0.2, -0.15) is 0 Å². The molecule has 0 unspecified atom stereocenters. The Balaban J connectivity index is 1.61. The highest BCUT2D eigenvalue weighted by atomic mass is 16.1. The molecule has 1 aromatic heterocycles. The Hall–Kier alpha value is -3.21. The first-order valence-electron chi connectivity index (χ1n) is 9.10. The van der Waals surface area contributed by atoms with Crippen LogP contribution in [0.1, 0.15) is 32.7 Å². The molecule has 2 aromatic carbocycles. The number of rotatable bonds is 3. The third kappa shape index (κ3) is 3.28. The summed E-state index contributed by atoms with van der Waals surface area (Å²) in [5, 5.41) is 3.01. The van der Waals surface area contributed by atoms with Crippen LogP contribution in [0.3, 0.4) is 0 Å². The summed E-state index contributed by atoms with van der Waals surface area (Å²) in [4.78, 5) is 23.8. The number of para-hydroxylation sites is 1. The molecule has 5 nitrogen and oxygen atoms in total. The van der Waals surface area contributed by atoms with E-state index in [2.05, 4.69) is 51.4 Å². The predicted octanol–water partition coefficient (Wildman–Crippen LogP) is 4.35. The Bertz CT molecular complexity index is 1010. The molecular weight excluding hydrogens is 336 g/mol. The average molecular weight is 358 g/mol. The monoisotopic (exact) mass is 358 g/mol. The predicted molar refractivity (Wildman–Crippen MR) is 108 cm³/mol. The van der Waals surface area contributed by atoms with E-state index in [4.69, 9.17) is 0 Å². The third-order valence-corrected chi connectivity index (χ3v) is 4.92. The maximum atomic E-state index is 12.8. The van der Waals surface area contributed by atoms with E-state index in [9.17, 15) is 4.79 Å². The summed E-state index contributed by atoms with van der Waals surface area (Å²) in [6.07, 6.45) is 2.60. The fourth-order valence-corrected chi connectivity index (χ4v) is 3.71. The number of carbonyl (C=O) groups is 1. The van der Waals surface area contributed by atoms with Gasteiger partial charge >= 0.3 is 0 Å². The molecule has 4 rings (SSSR count). The number of benzene rings is 2. The van der Waals surface area contributed by atoms with E-state index in [0.717, 1.165) is 35.5 Å². The van der Waals surface area contributed by atoms with Gasteiger partial charge in [-0.1, -0.05) is 35.9 Å². The van der Waals surface area contributed by atoms with Crippen LogP contribution in [-0.4, -0.2) is 22.4 Å². The zero-order chi connectivity index (χ0) is 19.0. The van der Waals surface area contributed by atoms with Crippen molar-refractivity contribution in [1.29, 1.82) is 0 Å². The summed E-state index contributed by atoms with van der Waals surface area (Å²) in [5.41, 5.74) is 6.87. The maximum Gasteiger partial charge on any atom is 0.274 e. The summed E-state index contributed by atoms with van der Waals surface area (Å²) in [6.45, 7) is 6.88. The van der Waals surface area contributed by atoms with Crippen LogP contribution >= 0.6 is 0 Å². The molecule has 0 radical (unpaired) electrons. The van der Waals surface area contributed by atoms with Crippen LogP contribution in [0.4, 0.5) is 17.3 Å². The minimum absolute atomic E-state index is 0.221. The highest BCUT2D eigenvalue weighted by Gasteiger charge is 2.23. The van der Waals surface area contributed by atoms with Gasteiger partial charge in [0.05, 0.1) is 0 Å². The SMILES string of the molecule is Cc1cc(C)c(NC(=O)c2ccnc(N3CCc4ccccc43)n2)c(C)c1. The minimum Gasteiger partial charge on any atom is -0.320 e. The highest BCUT2D eigenvalue weighted by molar-refractivity contribution is 6.03. The van der Waals surface area contributed by atoms with Crippen LogP contribution in [0, 0.1) is 20.8 Å². The van der Waals surface area contributed by atoms with Crippen LogP contribution in [-0.2, 0) is 6.42 Å². The van der Waals surface area contributed by atoms with Gasteiger partial charge in [-0.15, -0.1) is 0 Å². The van der Waals surface area contributed by atoms with E-state index >= 15 is 0 Å². The fraction of sp³-hybridized carbons (Fsp3) is 0.227. The number of hydrogen-bond acceptors (Lipinski definition) is 4. The Morgan fingerprint density at radius 2 is 1.81 bits per heavy atom. The van der Waals surface area contributed by atoms with Crippen molar-refractivity contribution >= 4 is 23.2 Å². The van der Waals surface area contributed by atoms with Crippen molar-refractivity contribution in [1.82, 2.24) is 9.97 Å². The van der Waals surface area contributed by atoms with Gasteiger partial charge in [0.25, 0.3) is 5.91 Å². The minimum atomic E-state index is -0.221. The van der Waals surface area contributed by atoms with Crippen LogP contribution in [0.2, 0.25) is 0 Å². The first kappa shape index (κ1) is 17.2. The largest absolute Gasteiger partial charge is 0.320 e. The van der Waals surface area contributed by atoms with Gasteiger partial charge in [0.1, 0.15) is 5.69 Å². The van der Waals surface area contributed by atoms with Gasteiger partial charge in [-0.3, -0.25) is 4.79 Å². The molecule has 1 aliphatic rings. The molecule has 1 N–H and O–H groups in total. The van der Waals surface area contributed by atoms with Crippen molar-refractivity contribution in [2.24, 2.45) is 0 Å². The second kappa shape index (κ2) is 6.83. The molecule has 2 heterocycles. The fourth-order valence-electron chi connectivity index (χ4n) is 3.71. The molecule has 0 saturated carbocycles. The zero-order valence-corrected chi connectivity index (χ0v) is 15.8. The van der Waals surface area contributed by atoms with Crippen molar-refractivity contribution in [3.63, 3.8) is 0 Å². The Labute approximate surface area is 159 Å². The van der Waals surface area contributed by atoms with E-state index < -0.39 is 0 Å². The molecule has 136 valence electrons. The standard InChI is InChI=1S/C22H22N4O/c1-14-12-15(2)20(16(3)13-14)25-21(27)18-8-10-23-22(24-18)26-11-9-17-6-4-5-7-19(17)26/h4-8,10,12-13H,9,11H2,1-3H3,(H,25,27). The van der Waals surface area contributed by atoms with Crippen LogP contribution < -0.4 is 10.2 Å². The summed E-state index contributed by atoms with van der Waals surface area (Å²) in [5.74, 6) is 0.339. The van der Waals surface area contributed by atoms with Gasteiger partial charge in [0.2, 0.25) is 5.95 Å². The molecule has 0 atom stereocenters. The van der Waals surface area contributed by atoms with Crippen molar-refractivity contribution in [2.45, 2.75) is 27.2 Å². The number of carbonyl (C=O) groups excluding carboxylic acids is 1. The molecule has 0 fully saturated rings. The lowest BCUT2D eigenvalue weighted by atomic mass is 10.1. The molecule has 1 amide bonds. The Kier molecular flexibility index (Phi) is 4.36. The molecule has 1 aliphatic heterocycles. The molecule has 0 bridgehead atoms. The first-order chi connectivity index (χ1) is 13.0. The van der Waals surface area contributed by atoms with Crippen LogP contribution in [0.25, 0.3) is 0 Å². The lowest BCUT2D eigenvalue weighted by Crippen LogP contribution is -2.20. The van der Waals surface area contributed by atoms with Crippen molar-refractivity contribution in [3.05, 3.63) is 76.6 Å². The number of nitrogens with one attached hydrogen (secondary N) is 1. The molecule has 0 spiro atoms. The van der Waals surface area contributed by atoms with E-state index in [1.807, 2.05) is 26.0 Å². The second-order valence-corrected chi connectivity index (χ2v) is 7.00. The molecule has 5 heteroatoms. The lowest BCUT2D eigenvalue weighted by Gasteiger charge is -2.18. The topological polar surface area (TPSA) is 58.1 Å². The van der Waals surface area contributed by atoms with Gasteiger partial charge in [-0.05, 0) is 56.0 Å². The van der Waals surface area contributed by atoms with E-state index in [1.54, 1.807) is 12.3 Å².